The van der Waals surface area contributed by atoms with E-state index in [1.54, 1.807) is 18.2 Å². The van der Waals surface area contributed by atoms with E-state index in [0.29, 0.717) is 25.2 Å². The van der Waals surface area contributed by atoms with Gasteiger partial charge in [0.1, 0.15) is 11.6 Å². The molecule has 0 fully saturated rings. The quantitative estimate of drug-likeness (QED) is 0.832. The number of halogens is 1. The molecule has 2 amide bonds. The summed E-state index contributed by atoms with van der Waals surface area (Å²) in [6.45, 7) is 1.42. The summed E-state index contributed by atoms with van der Waals surface area (Å²) in [6, 6.07) is 12.1. The minimum Gasteiger partial charge on any atom is -0.368 e. The van der Waals surface area contributed by atoms with Gasteiger partial charge in [-0.3, -0.25) is 9.59 Å². The maximum Gasteiger partial charge on any atom is 0.239 e. The van der Waals surface area contributed by atoms with Crippen molar-refractivity contribution in [3.63, 3.8) is 0 Å². The minimum absolute atomic E-state index is 0.0170. The van der Waals surface area contributed by atoms with Gasteiger partial charge in [0, 0.05) is 25.3 Å². The number of aryl methyl sites for hydroxylation is 1. The fourth-order valence-corrected chi connectivity index (χ4v) is 3.16. The van der Waals surface area contributed by atoms with E-state index in [9.17, 15) is 14.0 Å². The van der Waals surface area contributed by atoms with Gasteiger partial charge in [0.05, 0.1) is 13.0 Å². The second-order valence-electron chi connectivity index (χ2n) is 6.83. The number of hydrogen-bond donors (Lipinski definition) is 2. The van der Waals surface area contributed by atoms with Crippen molar-refractivity contribution in [1.29, 1.82) is 0 Å². The Morgan fingerprint density at radius 1 is 1.07 bits per heavy atom. The molecule has 1 aliphatic rings. The van der Waals surface area contributed by atoms with E-state index in [2.05, 4.69) is 15.6 Å². The van der Waals surface area contributed by atoms with Crippen molar-refractivity contribution in [3.05, 3.63) is 59.5 Å². The van der Waals surface area contributed by atoms with Gasteiger partial charge in [-0.05, 0) is 43.0 Å². The second kappa shape index (κ2) is 9.82. The van der Waals surface area contributed by atoms with Crippen LogP contribution in [0.2, 0.25) is 0 Å². The Kier molecular flexibility index (Phi) is 6.94. The lowest BCUT2D eigenvalue weighted by molar-refractivity contribution is -0.135. The Hall–Kier alpha value is -2.96. The highest BCUT2D eigenvalue weighted by atomic mass is 19.1. The van der Waals surface area contributed by atoms with E-state index < -0.39 is 5.82 Å². The molecule has 2 heterocycles. The van der Waals surface area contributed by atoms with Gasteiger partial charge in [-0.1, -0.05) is 24.3 Å². The molecule has 0 spiro atoms. The molecule has 1 aliphatic heterocycles. The van der Waals surface area contributed by atoms with Gasteiger partial charge in [-0.25, -0.2) is 9.37 Å². The van der Waals surface area contributed by atoms with Crippen molar-refractivity contribution in [2.24, 2.45) is 0 Å². The summed E-state index contributed by atoms with van der Waals surface area (Å²) in [5.74, 6) is -0.0713. The fraction of sp³-hybridized carbons (Fsp3) is 0.381. The summed E-state index contributed by atoms with van der Waals surface area (Å²) in [4.78, 5) is 31.0. The molecule has 148 valence electrons. The SMILES string of the molecule is O=C1CN(C(=O)Cc2ccccc2F)CCCCc2cccc(n2)NCCN1. The number of carbonyl (C=O) groups excluding carboxylic acids is 2. The first-order valence-corrected chi connectivity index (χ1v) is 9.59. The van der Waals surface area contributed by atoms with Crippen LogP contribution in [0.1, 0.15) is 24.1 Å². The number of rotatable bonds is 2. The van der Waals surface area contributed by atoms with Gasteiger partial charge in [0.2, 0.25) is 11.8 Å². The lowest BCUT2D eigenvalue weighted by Gasteiger charge is -2.23. The van der Waals surface area contributed by atoms with E-state index in [-0.39, 0.29) is 24.8 Å². The van der Waals surface area contributed by atoms with Crippen LogP contribution in [0.5, 0.6) is 0 Å². The first kappa shape index (κ1) is 19.8. The summed E-state index contributed by atoms with van der Waals surface area (Å²) >= 11 is 0. The van der Waals surface area contributed by atoms with Crippen LogP contribution in [0.15, 0.2) is 42.5 Å². The van der Waals surface area contributed by atoms with Crippen molar-refractivity contribution in [1.82, 2.24) is 15.2 Å². The molecule has 28 heavy (non-hydrogen) atoms. The molecule has 2 bridgehead atoms. The Bertz CT molecular complexity index is 828. The van der Waals surface area contributed by atoms with Crippen LogP contribution in [0, 0.1) is 5.82 Å². The van der Waals surface area contributed by atoms with Gasteiger partial charge in [-0.2, -0.15) is 0 Å². The number of aromatic nitrogens is 1. The van der Waals surface area contributed by atoms with E-state index in [1.807, 2.05) is 18.2 Å². The molecular weight excluding hydrogens is 359 g/mol. The molecule has 6 nitrogen and oxygen atoms in total. The van der Waals surface area contributed by atoms with E-state index in [0.717, 1.165) is 30.8 Å². The summed E-state index contributed by atoms with van der Waals surface area (Å²) in [7, 11) is 0. The zero-order chi connectivity index (χ0) is 19.8. The molecule has 2 N–H and O–H groups in total. The van der Waals surface area contributed by atoms with Crippen molar-refractivity contribution < 1.29 is 14.0 Å². The molecule has 2 aromatic rings. The van der Waals surface area contributed by atoms with Crippen molar-refractivity contribution in [2.45, 2.75) is 25.7 Å². The smallest absolute Gasteiger partial charge is 0.239 e. The molecule has 0 saturated heterocycles. The average Bonchev–Trinajstić information content (AvgIpc) is 2.69. The largest absolute Gasteiger partial charge is 0.368 e. The van der Waals surface area contributed by atoms with E-state index >= 15 is 0 Å². The van der Waals surface area contributed by atoms with Crippen LogP contribution in [0.25, 0.3) is 0 Å². The number of carbonyl (C=O) groups is 2. The third kappa shape index (κ3) is 5.77. The predicted molar refractivity (Wildman–Crippen MR) is 105 cm³/mol. The number of pyridine rings is 1. The standard InChI is InChI=1S/C21H25FN4O2/c22-18-9-2-1-6-16(18)14-21(28)26-13-4-3-7-17-8-5-10-19(25-17)23-11-12-24-20(27)15-26/h1-2,5-6,8-10H,3-4,7,11-15H2,(H,23,25)(H,24,27). The van der Waals surface area contributed by atoms with Gasteiger partial charge in [0.25, 0.3) is 0 Å². The van der Waals surface area contributed by atoms with Crippen LogP contribution in [0.3, 0.4) is 0 Å². The number of hydrogen-bond acceptors (Lipinski definition) is 4. The van der Waals surface area contributed by atoms with E-state index in [4.69, 9.17) is 0 Å². The van der Waals surface area contributed by atoms with Gasteiger partial charge in [-0.15, -0.1) is 0 Å². The normalized spacial score (nSPS) is 15.9. The van der Waals surface area contributed by atoms with E-state index in [1.165, 1.54) is 11.0 Å². The zero-order valence-electron chi connectivity index (χ0n) is 15.8. The second-order valence-corrected chi connectivity index (χ2v) is 6.83. The van der Waals surface area contributed by atoms with Crippen LogP contribution in [-0.2, 0) is 22.4 Å². The Labute approximate surface area is 164 Å². The zero-order valence-corrected chi connectivity index (χ0v) is 15.8. The number of fused-ring (bicyclic) bond motifs is 2. The van der Waals surface area contributed by atoms with Crippen molar-refractivity contribution >= 4 is 17.6 Å². The van der Waals surface area contributed by atoms with Crippen LogP contribution >= 0.6 is 0 Å². The number of benzene rings is 1. The number of anilines is 1. The van der Waals surface area contributed by atoms with Gasteiger partial charge in [0.15, 0.2) is 0 Å². The summed E-state index contributed by atoms with van der Waals surface area (Å²) in [6.07, 6.45) is 2.35. The topological polar surface area (TPSA) is 74.3 Å². The highest BCUT2D eigenvalue weighted by Gasteiger charge is 2.18. The monoisotopic (exact) mass is 384 g/mol. The fourth-order valence-electron chi connectivity index (χ4n) is 3.16. The van der Waals surface area contributed by atoms with Crippen LogP contribution < -0.4 is 10.6 Å². The maximum atomic E-state index is 13.9. The summed E-state index contributed by atoms with van der Waals surface area (Å²) in [5.41, 5.74) is 1.34. The third-order valence-corrected chi connectivity index (χ3v) is 4.66. The number of nitrogens with one attached hydrogen (secondary N) is 2. The third-order valence-electron chi connectivity index (χ3n) is 4.66. The first-order valence-electron chi connectivity index (χ1n) is 9.59. The highest BCUT2D eigenvalue weighted by Crippen LogP contribution is 2.11. The lowest BCUT2D eigenvalue weighted by Crippen LogP contribution is -2.43. The molecule has 0 aliphatic carbocycles. The average molecular weight is 384 g/mol. The molecule has 0 saturated carbocycles. The van der Waals surface area contributed by atoms with Crippen LogP contribution in [0.4, 0.5) is 10.2 Å². The lowest BCUT2D eigenvalue weighted by atomic mass is 10.1. The first-order chi connectivity index (χ1) is 13.6. The highest BCUT2D eigenvalue weighted by molar-refractivity contribution is 5.85. The maximum absolute atomic E-state index is 13.9. The van der Waals surface area contributed by atoms with Crippen LogP contribution in [-0.4, -0.2) is 47.9 Å². The van der Waals surface area contributed by atoms with Crippen molar-refractivity contribution in [2.75, 3.05) is 31.5 Å². The van der Waals surface area contributed by atoms with Gasteiger partial charge >= 0.3 is 0 Å². The molecule has 3 rings (SSSR count). The minimum atomic E-state index is -0.403. The number of nitrogens with zero attached hydrogens (tertiary/aromatic N) is 2. The predicted octanol–water partition coefficient (Wildman–Crippen LogP) is 2.16. The molecule has 0 atom stereocenters. The Morgan fingerprint density at radius 3 is 2.75 bits per heavy atom. The Balaban J connectivity index is 1.66. The number of amides is 2. The Morgan fingerprint density at radius 2 is 1.89 bits per heavy atom. The molecule has 1 aromatic heterocycles. The van der Waals surface area contributed by atoms with Gasteiger partial charge < -0.3 is 15.5 Å². The van der Waals surface area contributed by atoms with Crippen molar-refractivity contribution in [3.8, 4) is 0 Å². The molecule has 0 unspecified atom stereocenters. The molecule has 7 heteroatoms. The molecule has 1 aromatic carbocycles. The summed E-state index contributed by atoms with van der Waals surface area (Å²) < 4.78 is 13.9. The molecular formula is C21H25FN4O2. The molecule has 0 radical (unpaired) electrons. The summed E-state index contributed by atoms with van der Waals surface area (Å²) in [5, 5.41) is 5.99.